The molecule has 0 radical (unpaired) electrons. The monoisotopic (exact) mass is 276 g/mol. The fourth-order valence-corrected chi connectivity index (χ4v) is 1.46. The molecular weight excluding hydrogens is 265 g/mol. The van der Waals surface area contributed by atoms with Gasteiger partial charge < -0.3 is 14.6 Å². The molecule has 0 atom stereocenters. The first-order valence-corrected chi connectivity index (χ1v) is 5.03. The number of halogens is 3. The molecule has 0 heterocycles. The maximum absolute atomic E-state index is 12.8. The van der Waals surface area contributed by atoms with E-state index < -0.39 is 17.7 Å². The lowest BCUT2D eigenvalue weighted by atomic mass is 10.0. The van der Waals surface area contributed by atoms with Crippen LogP contribution < -0.4 is 9.47 Å². The average molecular weight is 276 g/mol. The molecule has 0 spiro atoms. The lowest BCUT2D eigenvalue weighted by Crippen LogP contribution is -2.12. The summed E-state index contributed by atoms with van der Waals surface area (Å²) >= 11 is 0. The van der Waals surface area contributed by atoms with Crippen molar-refractivity contribution in [3.05, 3.63) is 29.8 Å². The number of methoxy groups -OCH3 is 2. The minimum absolute atomic E-state index is 0.0838. The van der Waals surface area contributed by atoms with E-state index in [1.165, 1.54) is 20.3 Å². The van der Waals surface area contributed by atoms with Gasteiger partial charge in [-0.05, 0) is 17.7 Å². The normalized spacial score (nSPS) is 12.2. The number of carboxylic acids is 1. The number of hydrogen-bond donors (Lipinski definition) is 1. The minimum atomic E-state index is -4.78. The number of hydrogen-bond acceptors (Lipinski definition) is 3. The molecule has 1 rings (SSSR count). The van der Waals surface area contributed by atoms with Gasteiger partial charge in [0, 0.05) is 6.08 Å². The lowest BCUT2D eigenvalue weighted by Gasteiger charge is -2.14. The Morgan fingerprint density at radius 3 is 2.21 bits per heavy atom. The maximum atomic E-state index is 12.8. The molecule has 0 fully saturated rings. The third kappa shape index (κ3) is 3.64. The van der Waals surface area contributed by atoms with Crippen LogP contribution in [0.4, 0.5) is 13.2 Å². The molecular formula is C12H11F3O4. The molecule has 104 valence electrons. The summed E-state index contributed by atoms with van der Waals surface area (Å²) in [7, 11) is 2.62. The van der Waals surface area contributed by atoms with Crippen molar-refractivity contribution in [2.24, 2.45) is 0 Å². The molecule has 0 aromatic heterocycles. The number of benzene rings is 1. The second-order valence-corrected chi connectivity index (χ2v) is 3.46. The van der Waals surface area contributed by atoms with E-state index in [2.05, 4.69) is 0 Å². The van der Waals surface area contributed by atoms with Gasteiger partial charge in [-0.1, -0.05) is 6.07 Å². The predicted molar refractivity (Wildman–Crippen MR) is 61.2 cm³/mol. The number of carboxylic acid groups (broad SMARTS) is 1. The molecule has 0 saturated carbocycles. The van der Waals surface area contributed by atoms with Crippen LogP contribution in [0.2, 0.25) is 0 Å². The molecule has 1 aromatic rings. The summed E-state index contributed by atoms with van der Waals surface area (Å²) in [6.07, 6.45) is -4.67. The first kappa shape index (κ1) is 14.9. The Bertz CT molecular complexity index is 506. The van der Waals surface area contributed by atoms with E-state index in [1.807, 2.05) is 0 Å². The molecule has 19 heavy (non-hydrogen) atoms. The fraction of sp³-hybridized carbons (Fsp3) is 0.250. The highest BCUT2D eigenvalue weighted by Crippen LogP contribution is 2.37. The average Bonchev–Trinajstić information content (AvgIpc) is 2.33. The molecule has 0 bridgehead atoms. The lowest BCUT2D eigenvalue weighted by molar-refractivity contribution is -0.131. The van der Waals surface area contributed by atoms with Gasteiger partial charge in [0.25, 0.3) is 0 Å². The summed E-state index contributed by atoms with van der Waals surface area (Å²) in [4.78, 5) is 10.5. The van der Waals surface area contributed by atoms with Crippen LogP contribution in [0.15, 0.2) is 24.3 Å². The number of allylic oxidation sites excluding steroid dienone is 1. The second kappa shape index (κ2) is 5.64. The number of ether oxygens (including phenoxy) is 2. The Kier molecular flexibility index (Phi) is 4.42. The van der Waals surface area contributed by atoms with Crippen LogP contribution in [0.25, 0.3) is 5.57 Å². The zero-order valence-electron chi connectivity index (χ0n) is 10.1. The zero-order chi connectivity index (χ0) is 14.6. The van der Waals surface area contributed by atoms with Crippen LogP contribution in [0.3, 0.4) is 0 Å². The van der Waals surface area contributed by atoms with Crippen molar-refractivity contribution in [2.75, 3.05) is 14.2 Å². The third-order valence-corrected chi connectivity index (χ3v) is 2.27. The molecule has 0 amide bonds. The number of carbonyl (C=O) groups is 1. The predicted octanol–water partition coefficient (Wildman–Crippen LogP) is 2.73. The van der Waals surface area contributed by atoms with Crippen LogP contribution in [0.5, 0.6) is 11.5 Å². The first-order valence-electron chi connectivity index (χ1n) is 5.03. The molecule has 0 aliphatic heterocycles. The van der Waals surface area contributed by atoms with Crippen molar-refractivity contribution in [1.82, 2.24) is 0 Å². The van der Waals surface area contributed by atoms with Gasteiger partial charge in [0.1, 0.15) is 0 Å². The van der Waals surface area contributed by atoms with E-state index in [1.54, 1.807) is 0 Å². The summed E-state index contributed by atoms with van der Waals surface area (Å²) < 4.78 is 48.1. The Morgan fingerprint density at radius 2 is 1.79 bits per heavy atom. The van der Waals surface area contributed by atoms with Gasteiger partial charge in [0.2, 0.25) is 0 Å². The summed E-state index contributed by atoms with van der Waals surface area (Å²) in [5.74, 6) is -1.34. The largest absolute Gasteiger partial charge is 0.493 e. The molecule has 4 nitrogen and oxygen atoms in total. The minimum Gasteiger partial charge on any atom is -0.493 e. The van der Waals surface area contributed by atoms with Gasteiger partial charge in [-0.25, -0.2) is 4.79 Å². The first-order chi connectivity index (χ1) is 8.79. The quantitative estimate of drug-likeness (QED) is 0.859. The van der Waals surface area contributed by atoms with E-state index in [0.717, 1.165) is 12.1 Å². The number of rotatable bonds is 4. The maximum Gasteiger partial charge on any atom is 0.417 e. The van der Waals surface area contributed by atoms with Crippen LogP contribution in [0.1, 0.15) is 5.56 Å². The van der Waals surface area contributed by atoms with E-state index in [4.69, 9.17) is 14.6 Å². The van der Waals surface area contributed by atoms with Gasteiger partial charge in [-0.2, -0.15) is 13.2 Å². The van der Waals surface area contributed by atoms with Crippen molar-refractivity contribution in [1.29, 1.82) is 0 Å². The van der Waals surface area contributed by atoms with Crippen molar-refractivity contribution < 1.29 is 32.5 Å². The van der Waals surface area contributed by atoms with Crippen LogP contribution in [-0.4, -0.2) is 31.5 Å². The van der Waals surface area contributed by atoms with Gasteiger partial charge in [0.05, 0.1) is 19.8 Å². The van der Waals surface area contributed by atoms with E-state index in [9.17, 15) is 18.0 Å². The molecule has 0 aliphatic carbocycles. The standard InChI is InChI=1S/C12H11F3O4/c1-18-9-4-3-7(5-10(9)19-2)8(6-11(16)17)12(13,14)15/h3-6H,1-2H3,(H,16,17)/b8-6+. The van der Waals surface area contributed by atoms with Gasteiger partial charge >= 0.3 is 12.1 Å². The topological polar surface area (TPSA) is 55.8 Å². The Labute approximate surface area is 107 Å². The van der Waals surface area contributed by atoms with Crippen LogP contribution in [0, 0.1) is 0 Å². The Morgan fingerprint density at radius 1 is 1.21 bits per heavy atom. The SMILES string of the molecule is COc1ccc(/C(=C\C(=O)O)C(F)(F)F)cc1OC. The highest BCUT2D eigenvalue weighted by molar-refractivity contribution is 5.91. The zero-order valence-corrected chi connectivity index (χ0v) is 10.1. The molecule has 1 N–H and O–H groups in total. The van der Waals surface area contributed by atoms with Crippen LogP contribution in [-0.2, 0) is 4.79 Å². The molecule has 7 heteroatoms. The van der Waals surface area contributed by atoms with Crippen molar-refractivity contribution in [3.8, 4) is 11.5 Å². The summed E-state index contributed by atoms with van der Waals surface area (Å²) in [5.41, 5.74) is -1.58. The molecule has 0 aliphatic rings. The summed E-state index contributed by atoms with van der Waals surface area (Å²) in [5, 5.41) is 8.50. The van der Waals surface area contributed by atoms with E-state index >= 15 is 0 Å². The molecule has 0 unspecified atom stereocenters. The van der Waals surface area contributed by atoms with Crippen molar-refractivity contribution in [2.45, 2.75) is 6.18 Å². The van der Waals surface area contributed by atoms with Gasteiger partial charge in [-0.3, -0.25) is 0 Å². The van der Waals surface area contributed by atoms with Gasteiger partial charge in [0.15, 0.2) is 11.5 Å². The number of aliphatic carboxylic acids is 1. The second-order valence-electron chi connectivity index (χ2n) is 3.46. The molecule has 0 saturated heterocycles. The Hall–Kier alpha value is -2.18. The number of alkyl halides is 3. The highest BCUT2D eigenvalue weighted by atomic mass is 19.4. The highest BCUT2D eigenvalue weighted by Gasteiger charge is 2.35. The van der Waals surface area contributed by atoms with Crippen molar-refractivity contribution in [3.63, 3.8) is 0 Å². The van der Waals surface area contributed by atoms with Gasteiger partial charge in [-0.15, -0.1) is 0 Å². The third-order valence-electron chi connectivity index (χ3n) is 2.27. The fourth-order valence-electron chi connectivity index (χ4n) is 1.46. The van der Waals surface area contributed by atoms with E-state index in [-0.39, 0.29) is 23.1 Å². The smallest absolute Gasteiger partial charge is 0.417 e. The van der Waals surface area contributed by atoms with Crippen molar-refractivity contribution >= 4 is 11.5 Å². The summed E-state index contributed by atoms with van der Waals surface area (Å²) in [6, 6.07) is 3.46. The van der Waals surface area contributed by atoms with Crippen LogP contribution >= 0.6 is 0 Å². The Balaban J connectivity index is 3.36. The summed E-state index contributed by atoms with van der Waals surface area (Å²) in [6.45, 7) is 0. The van der Waals surface area contributed by atoms with E-state index in [0.29, 0.717) is 0 Å². The molecule has 1 aromatic carbocycles.